The number of methoxy groups -OCH3 is 1. The highest BCUT2D eigenvalue weighted by Gasteiger charge is 2.66. The summed E-state index contributed by atoms with van der Waals surface area (Å²) in [6.07, 6.45) is 7.71. The number of allylic oxidation sites excluding steroid dienone is 2. The second-order valence-corrected chi connectivity index (χ2v) is 9.61. The molecule has 0 unspecified atom stereocenters. The third-order valence-electron chi connectivity index (χ3n) is 7.79. The summed E-state index contributed by atoms with van der Waals surface area (Å²) in [5, 5.41) is 0. The number of ketones is 1. The maximum atomic E-state index is 12.9. The van der Waals surface area contributed by atoms with E-state index in [1.54, 1.807) is 31.4 Å². The minimum absolute atomic E-state index is 0.00570. The molecule has 1 aromatic carbocycles. The van der Waals surface area contributed by atoms with Gasteiger partial charge in [-0.1, -0.05) is 18.6 Å². The Morgan fingerprint density at radius 3 is 2.18 bits per heavy atom. The van der Waals surface area contributed by atoms with Crippen LogP contribution in [0.25, 0.3) is 0 Å². The van der Waals surface area contributed by atoms with Crippen molar-refractivity contribution in [2.75, 3.05) is 20.3 Å². The van der Waals surface area contributed by atoms with Crippen molar-refractivity contribution >= 4 is 23.6 Å². The molecule has 5 aliphatic rings. The summed E-state index contributed by atoms with van der Waals surface area (Å²) in [6, 6.07) is 6.64. The Morgan fingerprint density at radius 2 is 1.58 bits per heavy atom. The van der Waals surface area contributed by atoms with Crippen LogP contribution in [-0.2, 0) is 19.1 Å². The van der Waals surface area contributed by atoms with Crippen LogP contribution in [0.4, 0.5) is 0 Å². The normalized spacial score (nSPS) is 30.8. The predicted octanol–water partition coefficient (Wildman–Crippen LogP) is 3.03. The van der Waals surface area contributed by atoms with Crippen LogP contribution < -0.4 is 4.74 Å². The quantitative estimate of drug-likeness (QED) is 0.179. The lowest BCUT2D eigenvalue weighted by molar-refractivity contribution is -0.143. The van der Waals surface area contributed by atoms with Crippen LogP contribution in [0.15, 0.2) is 36.4 Å². The predicted molar refractivity (Wildman–Crippen MR) is 118 cm³/mol. The molecule has 1 aromatic rings. The zero-order valence-corrected chi connectivity index (χ0v) is 18.8. The molecule has 0 spiro atoms. The van der Waals surface area contributed by atoms with Gasteiger partial charge in [0, 0.05) is 18.5 Å². The number of Topliss-reactive ketones (excluding diaryl/α,β-unsaturated/α-hetero) is 1. The Balaban J connectivity index is 1.01. The van der Waals surface area contributed by atoms with Gasteiger partial charge in [-0.25, -0.2) is 0 Å². The average Bonchev–Trinajstić information content (AvgIpc) is 3.62. The minimum Gasteiger partial charge on any atom is -0.497 e. The molecule has 2 bridgehead atoms. The topological polar surface area (TPSA) is 90.0 Å². The second kappa shape index (κ2) is 8.76. The molecule has 33 heavy (non-hydrogen) atoms. The van der Waals surface area contributed by atoms with Crippen molar-refractivity contribution in [1.29, 1.82) is 0 Å². The third-order valence-corrected chi connectivity index (χ3v) is 7.79. The number of ether oxygens (including phenoxy) is 2. The smallest absolute Gasteiger partial charge is 0.306 e. The highest BCUT2D eigenvalue weighted by molar-refractivity contribution is 6.06. The van der Waals surface area contributed by atoms with E-state index in [2.05, 4.69) is 12.2 Å². The zero-order valence-electron chi connectivity index (χ0n) is 18.8. The van der Waals surface area contributed by atoms with Crippen molar-refractivity contribution in [2.24, 2.45) is 35.5 Å². The molecule has 0 N–H and O–H groups in total. The van der Waals surface area contributed by atoms with Crippen molar-refractivity contribution < 1.29 is 28.7 Å². The van der Waals surface area contributed by atoms with Crippen molar-refractivity contribution in [3.63, 3.8) is 0 Å². The summed E-state index contributed by atoms with van der Waals surface area (Å²) in [4.78, 5) is 51.4. The minimum atomic E-state index is -0.418. The zero-order chi connectivity index (χ0) is 23.1. The molecular weight excluding hydrogens is 422 g/mol. The lowest BCUT2D eigenvalue weighted by atomic mass is 9.63. The fourth-order valence-corrected chi connectivity index (χ4v) is 6.03. The summed E-state index contributed by atoms with van der Waals surface area (Å²) in [7, 11) is 1.55. The van der Waals surface area contributed by atoms with E-state index in [0.29, 0.717) is 49.0 Å². The van der Waals surface area contributed by atoms with Gasteiger partial charge in [-0.05, 0) is 67.2 Å². The SMILES string of the molecule is COc1ccc(C(=O)COC(=O)CCCCCN2C(=O)[C@@H]3[C@H]4C=C[C@@H]([C@@H]5C[C@H]45)[C@@H]3C2=O)cc1. The number of amides is 2. The van der Waals surface area contributed by atoms with Crippen molar-refractivity contribution in [3.05, 3.63) is 42.0 Å². The van der Waals surface area contributed by atoms with E-state index in [4.69, 9.17) is 9.47 Å². The number of unbranched alkanes of at least 4 members (excludes halogenated alkanes) is 2. The number of rotatable bonds is 10. The van der Waals surface area contributed by atoms with Crippen molar-refractivity contribution in [2.45, 2.75) is 32.1 Å². The van der Waals surface area contributed by atoms with E-state index in [1.807, 2.05) is 0 Å². The molecule has 6 rings (SSSR count). The molecule has 1 aliphatic heterocycles. The van der Waals surface area contributed by atoms with Crippen molar-refractivity contribution in [3.8, 4) is 5.75 Å². The van der Waals surface area contributed by atoms with Crippen LogP contribution >= 0.6 is 0 Å². The first-order chi connectivity index (χ1) is 16.0. The molecule has 174 valence electrons. The first-order valence-electron chi connectivity index (χ1n) is 11.9. The summed E-state index contributed by atoms with van der Waals surface area (Å²) in [6.45, 7) is 0.132. The number of hydrogen-bond donors (Lipinski definition) is 0. The van der Waals surface area contributed by atoms with E-state index in [9.17, 15) is 19.2 Å². The Labute approximate surface area is 193 Å². The number of hydrogen-bond acceptors (Lipinski definition) is 6. The van der Waals surface area contributed by atoms with Gasteiger partial charge in [0.15, 0.2) is 12.4 Å². The van der Waals surface area contributed by atoms with Gasteiger partial charge in [-0.3, -0.25) is 24.1 Å². The summed E-state index contributed by atoms with van der Waals surface area (Å²) in [5.74, 6) is 1.42. The number of benzene rings is 1. The monoisotopic (exact) mass is 451 g/mol. The number of imide groups is 1. The van der Waals surface area contributed by atoms with Gasteiger partial charge >= 0.3 is 5.97 Å². The maximum absolute atomic E-state index is 12.9. The van der Waals surface area contributed by atoms with E-state index in [-0.39, 0.29) is 54.3 Å². The Hall–Kier alpha value is -2.96. The number of likely N-dealkylation sites (tertiary alicyclic amines) is 1. The van der Waals surface area contributed by atoms with Crippen LogP contribution in [0.5, 0.6) is 5.75 Å². The number of carbonyl (C=O) groups excluding carboxylic acids is 4. The van der Waals surface area contributed by atoms with Crippen LogP contribution in [-0.4, -0.2) is 48.7 Å². The van der Waals surface area contributed by atoms with Gasteiger partial charge in [-0.2, -0.15) is 0 Å². The lowest BCUT2D eigenvalue weighted by Crippen LogP contribution is -2.40. The van der Waals surface area contributed by atoms with Gasteiger partial charge in [-0.15, -0.1) is 0 Å². The van der Waals surface area contributed by atoms with Gasteiger partial charge < -0.3 is 9.47 Å². The molecule has 0 radical (unpaired) electrons. The third kappa shape index (κ3) is 3.98. The molecular formula is C26H29NO6. The van der Waals surface area contributed by atoms with E-state index < -0.39 is 5.97 Å². The van der Waals surface area contributed by atoms with Gasteiger partial charge in [0.2, 0.25) is 11.8 Å². The molecule has 2 amide bonds. The molecule has 2 saturated carbocycles. The average molecular weight is 452 g/mol. The van der Waals surface area contributed by atoms with Crippen molar-refractivity contribution in [1.82, 2.24) is 4.90 Å². The molecule has 3 fully saturated rings. The standard InChI is InChI=1S/C26H29NO6/c1-32-16-8-6-15(7-9-16)21(28)14-33-22(29)5-3-2-4-12-27-25(30)23-17-10-11-18(20-13-19(17)20)24(23)26(27)31/h6-11,17-20,23-24H,2-5,12-14H2,1H3/t17-,18-,19-,20+,23-,24+/m0/s1. The fourth-order valence-electron chi connectivity index (χ4n) is 6.03. The molecule has 6 atom stereocenters. The Kier molecular flexibility index (Phi) is 5.81. The van der Waals surface area contributed by atoms with Crippen LogP contribution in [0, 0.1) is 35.5 Å². The van der Waals surface area contributed by atoms with Crippen LogP contribution in [0.2, 0.25) is 0 Å². The van der Waals surface area contributed by atoms with E-state index >= 15 is 0 Å². The van der Waals surface area contributed by atoms with Crippen LogP contribution in [0.3, 0.4) is 0 Å². The number of nitrogens with zero attached hydrogens (tertiary/aromatic N) is 1. The van der Waals surface area contributed by atoms with Gasteiger partial charge in [0.1, 0.15) is 5.75 Å². The fraction of sp³-hybridized carbons (Fsp3) is 0.538. The highest BCUT2D eigenvalue weighted by atomic mass is 16.5. The summed E-state index contributed by atoms with van der Waals surface area (Å²) >= 11 is 0. The largest absolute Gasteiger partial charge is 0.497 e. The highest BCUT2D eigenvalue weighted by Crippen LogP contribution is 2.65. The molecule has 7 nitrogen and oxygen atoms in total. The lowest BCUT2D eigenvalue weighted by Gasteiger charge is -2.37. The van der Waals surface area contributed by atoms with Gasteiger partial charge in [0.25, 0.3) is 0 Å². The maximum Gasteiger partial charge on any atom is 0.306 e. The number of esters is 1. The summed E-state index contributed by atoms with van der Waals surface area (Å²) < 4.78 is 10.2. The first-order valence-corrected chi connectivity index (χ1v) is 11.9. The first kappa shape index (κ1) is 21.9. The van der Waals surface area contributed by atoms with Gasteiger partial charge in [0.05, 0.1) is 18.9 Å². The number of carbonyl (C=O) groups is 4. The molecule has 0 aromatic heterocycles. The molecule has 7 heteroatoms. The second-order valence-electron chi connectivity index (χ2n) is 9.61. The molecule has 4 aliphatic carbocycles. The Bertz CT molecular complexity index is 963. The Morgan fingerprint density at radius 1 is 0.939 bits per heavy atom. The van der Waals surface area contributed by atoms with E-state index in [0.717, 1.165) is 6.42 Å². The molecule has 1 saturated heterocycles. The molecule has 1 heterocycles. The van der Waals surface area contributed by atoms with E-state index in [1.165, 1.54) is 4.90 Å². The summed E-state index contributed by atoms with van der Waals surface area (Å²) in [5.41, 5.74) is 0.463. The van der Waals surface area contributed by atoms with Crippen LogP contribution in [0.1, 0.15) is 42.5 Å².